The van der Waals surface area contributed by atoms with E-state index in [1.807, 2.05) is 65.2 Å². The molecule has 0 aliphatic carbocycles. The molecule has 1 heterocycles. The molecule has 6 nitrogen and oxygen atoms in total. The molecule has 1 aromatic heterocycles. The molecule has 0 unspecified atom stereocenters. The average molecular weight is 523 g/mol. The van der Waals surface area contributed by atoms with E-state index in [0.29, 0.717) is 17.3 Å². The van der Waals surface area contributed by atoms with Gasteiger partial charge in [0.15, 0.2) is 16.8 Å². The van der Waals surface area contributed by atoms with E-state index in [1.165, 1.54) is 17.3 Å². The molecule has 0 bridgehead atoms. The molecule has 1 N–H and O–H groups in total. The molecule has 0 saturated heterocycles. The van der Waals surface area contributed by atoms with E-state index in [0.717, 1.165) is 27.4 Å². The lowest BCUT2D eigenvalue weighted by Crippen LogP contribution is -2.09. The molecule has 8 heteroatoms. The van der Waals surface area contributed by atoms with Gasteiger partial charge in [-0.05, 0) is 55.5 Å². The number of rotatable bonds is 9. The maximum Gasteiger partial charge on any atom is 0.196 e. The fourth-order valence-electron chi connectivity index (χ4n) is 3.20. The number of halogens is 1. The molecule has 0 saturated carbocycles. The maximum atomic E-state index is 12.7. The second kappa shape index (κ2) is 10.7. The number of ether oxygens (including phenoxy) is 1. The standard InChI is InChI=1S/C25H23BrN4O2S/c1-17-3-9-20(10-4-17)27-15-24-28-29-25(30(24)21-11-13-22(32-2)14-12-21)33-16-23(31)18-5-7-19(26)8-6-18/h3-14,27H,15-16H2,1-2H3. The van der Waals surface area contributed by atoms with Crippen molar-refractivity contribution in [1.29, 1.82) is 0 Å². The van der Waals surface area contributed by atoms with Crippen LogP contribution in [0.15, 0.2) is 82.4 Å². The summed E-state index contributed by atoms with van der Waals surface area (Å²) in [6.45, 7) is 2.55. The van der Waals surface area contributed by atoms with Gasteiger partial charge in [-0.2, -0.15) is 0 Å². The minimum atomic E-state index is 0.0381. The van der Waals surface area contributed by atoms with Crippen molar-refractivity contribution in [2.75, 3.05) is 18.2 Å². The Kier molecular flexibility index (Phi) is 7.47. The van der Waals surface area contributed by atoms with Crippen molar-refractivity contribution < 1.29 is 9.53 Å². The summed E-state index contributed by atoms with van der Waals surface area (Å²) in [5, 5.41) is 12.9. The number of hydrogen-bond acceptors (Lipinski definition) is 6. The Morgan fingerprint density at radius 2 is 1.70 bits per heavy atom. The highest BCUT2D eigenvalue weighted by molar-refractivity contribution is 9.10. The molecule has 0 amide bonds. The molecule has 168 valence electrons. The summed E-state index contributed by atoms with van der Waals surface area (Å²) in [5.74, 6) is 1.82. The van der Waals surface area contributed by atoms with Crippen LogP contribution in [0, 0.1) is 6.92 Å². The number of nitrogens with zero attached hydrogens (tertiary/aromatic N) is 3. The number of hydrogen-bond donors (Lipinski definition) is 1. The van der Waals surface area contributed by atoms with Crippen LogP contribution in [0.2, 0.25) is 0 Å². The molecular weight excluding hydrogens is 500 g/mol. The Labute approximate surface area is 205 Å². The molecule has 4 aromatic rings. The smallest absolute Gasteiger partial charge is 0.196 e. The number of thioether (sulfide) groups is 1. The Morgan fingerprint density at radius 1 is 1.00 bits per heavy atom. The van der Waals surface area contributed by atoms with Crippen molar-refractivity contribution in [3.63, 3.8) is 0 Å². The van der Waals surface area contributed by atoms with Gasteiger partial charge in [0.2, 0.25) is 0 Å². The quantitative estimate of drug-likeness (QED) is 0.217. The average Bonchev–Trinajstić information content (AvgIpc) is 3.25. The van der Waals surface area contributed by atoms with Gasteiger partial charge in [-0.15, -0.1) is 10.2 Å². The third-order valence-corrected chi connectivity index (χ3v) is 6.49. The first-order valence-electron chi connectivity index (χ1n) is 10.3. The fourth-order valence-corrected chi connectivity index (χ4v) is 4.33. The lowest BCUT2D eigenvalue weighted by Gasteiger charge is -2.12. The highest BCUT2D eigenvalue weighted by Gasteiger charge is 2.17. The number of carbonyl (C=O) groups excluding carboxylic acids is 1. The van der Waals surface area contributed by atoms with Crippen LogP contribution >= 0.6 is 27.7 Å². The van der Waals surface area contributed by atoms with Gasteiger partial charge < -0.3 is 10.1 Å². The third-order valence-electron chi connectivity index (χ3n) is 5.03. The van der Waals surface area contributed by atoms with E-state index in [9.17, 15) is 4.79 Å². The Hall–Kier alpha value is -3.10. The molecular formula is C25H23BrN4O2S. The van der Waals surface area contributed by atoms with Gasteiger partial charge in [-0.1, -0.05) is 57.5 Å². The van der Waals surface area contributed by atoms with Crippen LogP contribution in [0.1, 0.15) is 21.7 Å². The monoisotopic (exact) mass is 522 g/mol. The van der Waals surface area contributed by atoms with Crippen molar-refractivity contribution >= 4 is 39.2 Å². The van der Waals surface area contributed by atoms with Gasteiger partial charge in [0.25, 0.3) is 0 Å². The van der Waals surface area contributed by atoms with E-state index in [4.69, 9.17) is 4.74 Å². The number of Topliss-reactive ketones (excluding diaryl/α,β-unsaturated/α-hetero) is 1. The Morgan fingerprint density at radius 3 is 2.36 bits per heavy atom. The Bertz CT molecular complexity index is 1220. The summed E-state index contributed by atoms with van der Waals surface area (Å²) >= 11 is 4.77. The van der Waals surface area contributed by atoms with Crippen LogP contribution in [0.3, 0.4) is 0 Å². The summed E-state index contributed by atoms with van der Waals surface area (Å²) in [5.41, 5.74) is 3.78. The third kappa shape index (κ3) is 5.83. The van der Waals surface area contributed by atoms with E-state index in [-0.39, 0.29) is 11.5 Å². The number of aromatic nitrogens is 3. The minimum absolute atomic E-state index is 0.0381. The first kappa shape index (κ1) is 23.1. The molecule has 0 aliphatic heterocycles. The van der Waals surface area contributed by atoms with Crippen LogP contribution in [-0.2, 0) is 6.54 Å². The van der Waals surface area contributed by atoms with Crippen molar-refractivity contribution in [2.24, 2.45) is 0 Å². The summed E-state index contributed by atoms with van der Waals surface area (Å²) in [7, 11) is 1.64. The van der Waals surface area contributed by atoms with Crippen molar-refractivity contribution in [3.8, 4) is 11.4 Å². The second-order valence-corrected chi connectivity index (χ2v) is 9.23. The summed E-state index contributed by atoms with van der Waals surface area (Å²) < 4.78 is 8.21. The Balaban J connectivity index is 1.56. The molecule has 0 spiro atoms. The van der Waals surface area contributed by atoms with E-state index < -0.39 is 0 Å². The number of carbonyl (C=O) groups is 1. The molecule has 0 atom stereocenters. The fraction of sp³-hybridized carbons (Fsp3) is 0.160. The zero-order valence-electron chi connectivity index (χ0n) is 18.3. The molecule has 0 radical (unpaired) electrons. The normalized spacial score (nSPS) is 10.8. The van der Waals surface area contributed by atoms with Crippen LogP contribution in [-0.4, -0.2) is 33.4 Å². The van der Waals surface area contributed by atoms with E-state index >= 15 is 0 Å². The van der Waals surface area contributed by atoms with Crippen molar-refractivity contribution in [3.05, 3.63) is 94.2 Å². The molecule has 0 fully saturated rings. The summed E-state index contributed by atoms with van der Waals surface area (Å²) in [6, 6.07) is 23.3. The zero-order valence-corrected chi connectivity index (χ0v) is 20.7. The van der Waals surface area contributed by atoms with Crippen molar-refractivity contribution in [1.82, 2.24) is 14.8 Å². The van der Waals surface area contributed by atoms with Gasteiger partial charge in [0.1, 0.15) is 5.75 Å². The highest BCUT2D eigenvalue weighted by atomic mass is 79.9. The summed E-state index contributed by atoms with van der Waals surface area (Å²) in [4.78, 5) is 12.7. The van der Waals surface area contributed by atoms with E-state index in [1.54, 1.807) is 7.11 Å². The first-order chi connectivity index (χ1) is 16.0. The number of nitrogens with one attached hydrogen (secondary N) is 1. The number of anilines is 1. The number of aryl methyl sites for hydroxylation is 1. The van der Waals surface area contributed by atoms with Crippen LogP contribution in [0.4, 0.5) is 5.69 Å². The van der Waals surface area contributed by atoms with Gasteiger partial charge >= 0.3 is 0 Å². The minimum Gasteiger partial charge on any atom is -0.497 e. The summed E-state index contributed by atoms with van der Waals surface area (Å²) in [6.07, 6.45) is 0. The predicted octanol–water partition coefficient (Wildman–Crippen LogP) is 5.93. The maximum absolute atomic E-state index is 12.7. The lowest BCUT2D eigenvalue weighted by atomic mass is 10.2. The first-order valence-corrected chi connectivity index (χ1v) is 12.1. The number of benzene rings is 3. The zero-order chi connectivity index (χ0) is 23.2. The van der Waals surface area contributed by atoms with Crippen LogP contribution < -0.4 is 10.1 Å². The molecule has 4 rings (SSSR count). The SMILES string of the molecule is COc1ccc(-n2c(CNc3ccc(C)cc3)nnc2SCC(=O)c2ccc(Br)cc2)cc1. The van der Waals surface area contributed by atoms with E-state index in [2.05, 4.69) is 50.5 Å². The topological polar surface area (TPSA) is 69.0 Å². The predicted molar refractivity (Wildman–Crippen MR) is 136 cm³/mol. The largest absolute Gasteiger partial charge is 0.497 e. The number of ketones is 1. The lowest BCUT2D eigenvalue weighted by molar-refractivity contribution is 0.102. The molecule has 33 heavy (non-hydrogen) atoms. The highest BCUT2D eigenvalue weighted by Crippen LogP contribution is 2.25. The van der Waals surface area contributed by atoms with Crippen molar-refractivity contribution in [2.45, 2.75) is 18.6 Å². The molecule has 0 aliphatic rings. The van der Waals surface area contributed by atoms with Crippen LogP contribution in [0.25, 0.3) is 5.69 Å². The van der Waals surface area contributed by atoms with Gasteiger partial charge in [0.05, 0.1) is 19.4 Å². The van der Waals surface area contributed by atoms with Gasteiger partial charge in [0, 0.05) is 21.4 Å². The number of methoxy groups -OCH3 is 1. The van der Waals surface area contributed by atoms with Crippen LogP contribution in [0.5, 0.6) is 5.75 Å². The second-order valence-electron chi connectivity index (χ2n) is 7.37. The van der Waals surface area contributed by atoms with Gasteiger partial charge in [-0.25, -0.2) is 0 Å². The molecule has 3 aromatic carbocycles. The van der Waals surface area contributed by atoms with Gasteiger partial charge in [-0.3, -0.25) is 9.36 Å².